The lowest BCUT2D eigenvalue weighted by atomic mass is 9.65. The van der Waals surface area contributed by atoms with Crippen molar-refractivity contribution in [3.63, 3.8) is 0 Å². The average Bonchev–Trinajstić information content (AvgIpc) is 2.88. The standard InChI is InChI=1S/C28H36N2O4S/c1-2-33-28(32)22-15-30-23-11-17-7-3-4-8-18(17)12-24(23)34-25-14-20(13-21(26(25)30)27(22)31)35-16-19-9-5-6-10-29-19/h5-6,9-10,15,17-18,20-21,23-26H,2-4,7-8,11-14,16H2,1H3. The van der Waals surface area contributed by atoms with Crippen molar-refractivity contribution in [2.45, 2.75) is 93.6 Å². The number of hydrogen-bond acceptors (Lipinski definition) is 7. The van der Waals surface area contributed by atoms with E-state index in [1.54, 1.807) is 6.92 Å². The zero-order valence-corrected chi connectivity index (χ0v) is 21.3. The number of carbonyl (C=O) groups is 2. The summed E-state index contributed by atoms with van der Waals surface area (Å²) in [5, 5.41) is 0.304. The summed E-state index contributed by atoms with van der Waals surface area (Å²) in [5.41, 5.74) is 1.30. The van der Waals surface area contributed by atoms with Gasteiger partial charge in [-0.15, -0.1) is 0 Å². The van der Waals surface area contributed by atoms with Gasteiger partial charge in [0.2, 0.25) is 0 Å². The molecule has 1 aromatic heterocycles. The number of ether oxygens (including phenoxy) is 2. The average molecular weight is 497 g/mol. The van der Waals surface area contributed by atoms with Crippen molar-refractivity contribution >= 4 is 23.5 Å². The van der Waals surface area contributed by atoms with Crippen molar-refractivity contribution in [3.05, 3.63) is 41.9 Å². The number of hydrogen-bond donors (Lipinski definition) is 0. The van der Waals surface area contributed by atoms with Gasteiger partial charge in [0.25, 0.3) is 0 Å². The van der Waals surface area contributed by atoms with Crippen LogP contribution in [0, 0.1) is 17.8 Å². The van der Waals surface area contributed by atoms with E-state index in [0.29, 0.717) is 5.25 Å². The fourth-order valence-corrected chi connectivity index (χ4v) is 8.73. The molecule has 6 rings (SSSR count). The quantitative estimate of drug-likeness (QED) is 0.438. The lowest BCUT2D eigenvalue weighted by molar-refractivity contribution is -0.192. The molecule has 0 N–H and O–H groups in total. The largest absolute Gasteiger partial charge is 0.462 e. The molecule has 3 aliphatic carbocycles. The first-order chi connectivity index (χ1) is 17.1. The van der Waals surface area contributed by atoms with Gasteiger partial charge in [-0.05, 0) is 56.6 Å². The van der Waals surface area contributed by atoms with Crippen molar-refractivity contribution < 1.29 is 19.1 Å². The maximum Gasteiger partial charge on any atom is 0.343 e. The number of pyridine rings is 1. The first-order valence-corrected chi connectivity index (χ1v) is 14.5. The van der Waals surface area contributed by atoms with Gasteiger partial charge in [0, 0.05) is 29.3 Å². The van der Waals surface area contributed by atoms with Crippen molar-refractivity contribution in [1.82, 2.24) is 9.88 Å². The molecule has 3 heterocycles. The minimum atomic E-state index is -0.467. The van der Waals surface area contributed by atoms with Crippen LogP contribution in [0.2, 0.25) is 0 Å². The molecule has 8 atom stereocenters. The summed E-state index contributed by atoms with van der Waals surface area (Å²) in [6.07, 6.45) is 13.2. The van der Waals surface area contributed by atoms with E-state index in [9.17, 15) is 9.59 Å². The highest BCUT2D eigenvalue weighted by atomic mass is 32.2. The summed E-state index contributed by atoms with van der Waals surface area (Å²) in [5.74, 6) is 1.59. The van der Waals surface area contributed by atoms with Gasteiger partial charge < -0.3 is 14.4 Å². The number of morpholine rings is 1. The Balaban J connectivity index is 1.28. The number of rotatable bonds is 5. The van der Waals surface area contributed by atoms with E-state index in [0.717, 1.165) is 49.0 Å². The molecular formula is C28H36N2O4S. The van der Waals surface area contributed by atoms with Crippen molar-refractivity contribution in [1.29, 1.82) is 0 Å². The Morgan fingerprint density at radius 2 is 1.97 bits per heavy atom. The summed E-state index contributed by atoms with van der Waals surface area (Å²) in [6.45, 7) is 2.08. The predicted molar refractivity (Wildman–Crippen MR) is 135 cm³/mol. The summed E-state index contributed by atoms with van der Waals surface area (Å²) >= 11 is 1.87. The minimum absolute atomic E-state index is 0.0281. The smallest absolute Gasteiger partial charge is 0.343 e. The molecule has 6 nitrogen and oxygen atoms in total. The third kappa shape index (κ3) is 4.43. The Bertz CT molecular complexity index is 984. The van der Waals surface area contributed by atoms with Crippen molar-refractivity contribution in [2.75, 3.05) is 6.61 Å². The van der Waals surface area contributed by atoms with E-state index in [-0.39, 0.29) is 48.2 Å². The summed E-state index contributed by atoms with van der Waals surface area (Å²) in [6, 6.07) is 6.30. The SMILES string of the molecule is CCOC(=O)C1=CN2C3CC4CCCCC4CC3OC3CC(SCc4ccccn4)CC(C1=O)C32. The molecular weight excluding hydrogens is 460 g/mol. The summed E-state index contributed by atoms with van der Waals surface area (Å²) in [4.78, 5) is 33.4. The number of ketones is 1. The fraction of sp³-hybridized carbons (Fsp3) is 0.679. The number of Topliss-reactive ketones (excluding diaryl/α,β-unsaturated/α-hetero) is 1. The highest BCUT2D eigenvalue weighted by Gasteiger charge is 2.56. The predicted octanol–water partition coefficient (Wildman–Crippen LogP) is 4.53. The van der Waals surface area contributed by atoms with Crippen LogP contribution in [0.5, 0.6) is 0 Å². The number of thioether (sulfide) groups is 1. The number of esters is 1. The van der Waals surface area contributed by atoms with Crippen LogP contribution in [0.4, 0.5) is 0 Å². The molecule has 5 aliphatic rings. The van der Waals surface area contributed by atoms with Gasteiger partial charge in [-0.2, -0.15) is 11.8 Å². The fourth-order valence-electron chi connectivity index (χ4n) is 7.48. The van der Waals surface area contributed by atoms with Gasteiger partial charge in [-0.1, -0.05) is 31.7 Å². The third-order valence-electron chi connectivity index (χ3n) is 9.03. The molecule has 0 spiro atoms. The molecule has 188 valence electrons. The van der Waals surface area contributed by atoms with Crippen LogP contribution in [0.1, 0.15) is 64.0 Å². The minimum Gasteiger partial charge on any atom is -0.462 e. The maximum absolute atomic E-state index is 13.6. The number of carbonyl (C=O) groups excluding carboxylic acids is 2. The van der Waals surface area contributed by atoms with E-state index in [4.69, 9.17) is 9.47 Å². The Hall–Kier alpha value is -1.86. The van der Waals surface area contributed by atoms with Gasteiger partial charge in [-0.3, -0.25) is 9.78 Å². The highest BCUT2D eigenvalue weighted by molar-refractivity contribution is 7.99. The second-order valence-electron chi connectivity index (χ2n) is 11.0. The molecule has 1 saturated heterocycles. The van der Waals surface area contributed by atoms with Gasteiger partial charge in [0.15, 0.2) is 5.78 Å². The van der Waals surface area contributed by atoms with Crippen LogP contribution < -0.4 is 0 Å². The monoisotopic (exact) mass is 496 g/mol. The Kier molecular flexibility index (Phi) is 6.65. The van der Waals surface area contributed by atoms with E-state index in [1.165, 1.54) is 25.7 Å². The summed E-state index contributed by atoms with van der Waals surface area (Å²) < 4.78 is 12.2. The van der Waals surface area contributed by atoms with Gasteiger partial charge in [-0.25, -0.2) is 4.79 Å². The summed E-state index contributed by atoms with van der Waals surface area (Å²) in [7, 11) is 0. The van der Waals surface area contributed by atoms with E-state index < -0.39 is 5.97 Å². The molecule has 3 saturated carbocycles. The topological polar surface area (TPSA) is 68.7 Å². The van der Waals surface area contributed by atoms with E-state index in [2.05, 4.69) is 16.0 Å². The second-order valence-corrected chi connectivity index (χ2v) is 12.2. The van der Waals surface area contributed by atoms with Gasteiger partial charge >= 0.3 is 5.97 Å². The third-order valence-corrected chi connectivity index (χ3v) is 10.3. The Labute approximate surface area is 212 Å². The lowest BCUT2D eigenvalue weighted by Gasteiger charge is -2.59. The second kappa shape index (κ2) is 9.89. The molecule has 35 heavy (non-hydrogen) atoms. The zero-order valence-electron chi connectivity index (χ0n) is 20.5. The number of nitrogens with zero attached hydrogens (tertiary/aromatic N) is 2. The van der Waals surface area contributed by atoms with Crippen molar-refractivity contribution in [3.8, 4) is 0 Å². The van der Waals surface area contributed by atoms with Crippen LogP contribution in [-0.4, -0.2) is 57.8 Å². The van der Waals surface area contributed by atoms with E-state index >= 15 is 0 Å². The van der Waals surface area contributed by atoms with Crippen LogP contribution in [0.25, 0.3) is 0 Å². The molecule has 4 fully saturated rings. The van der Waals surface area contributed by atoms with Gasteiger partial charge in [0.1, 0.15) is 5.57 Å². The van der Waals surface area contributed by atoms with Gasteiger partial charge in [0.05, 0.1) is 36.6 Å². The van der Waals surface area contributed by atoms with Crippen LogP contribution >= 0.6 is 11.8 Å². The van der Waals surface area contributed by atoms with Crippen molar-refractivity contribution in [2.24, 2.45) is 17.8 Å². The lowest BCUT2D eigenvalue weighted by Crippen LogP contribution is -2.68. The first-order valence-electron chi connectivity index (χ1n) is 13.5. The normalized spacial score (nSPS) is 38.0. The zero-order chi connectivity index (χ0) is 23.9. The first kappa shape index (κ1) is 23.5. The van der Waals surface area contributed by atoms with Crippen LogP contribution in [-0.2, 0) is 24.8 Å². The Morgan fingerprint density at radius 1 is 1.14 bits per heavy atom. The molecule has 2 aliphatic heterocycles. The van der Waals surface area contributed by atoms with Crippen LogP contribution in [0.3, 0.4) is 0 Å². The molecule has 1 aromatic rings. The number of aromatic nitrogens is 1. The molecule has 0 bridgehead atoms. The van der Waals surface area contributed by atoms with Crippen LogP contribution in [0.15, 0.2) is 36.2 Å². The maximum atomic E-state index is 13.6. The van der Waals surface area contributed by atoms with E-state index in [1.807, 2.05) is 36.3 Å². The molecule has 0 aromatic carbocycles. The molecule has 8 unspecified atom stereocenters. The molecule has 0 radical (unpaired) electrons. The molecule has 0 amide bonds. The molecule has 7 heteroatoms. The highest BCUT2D eigenvalue weighted by Crippen LogP contribution is 2.51. The Morgan fingerprint density at radius 3 is 2.74 bits per heavy atom. The number of fused-ring (bicyclic) bond motifs is 3.